The molecule has 5 heteroatoms. The van der Waals surface area contributed by atoms with Crippen LogP contribution in [-0.2, 0) is 4.79 Å². The van der Waals surface area contributed by atoms with Gasteiger partial charge in [0.05, 0.1) is 0 Å². The van der Waals surface area contributed by atoms with E-state index < -0.39 is 6.09 Å². The summed E-state index contributed by atoms with van der Waals surface area (Å²) >= 11 is 0. The normalized spacial score (nSPS) is 16.0. The summed E-state index contributed by atoms with van der Waals surface area (Å²) < 4.78 is 0. The van der Waals surface area contributed by atoms with Crippen LogP contribution < -0.4 is 5.32 Å². The minimum Gasteiger partial charge on any atom is -0.465 e. The van der Waals surface area contributed by atoms with Crippen LogP contribution in [0.2, 0.25) is 0 Å². The molecule has 1 aliphatic rings. The van der Waals surface area contributed by atoms with E-state index in [1.54, 1.807) is 0 Å². The van der Waals surface area contributed by atoms with Crippen LogP contribution in [0.1, 0.15) is 38.2 Å². The largest absolute Gasteiger partial charge is 0.465 e. The van der Waals surface area contributed by atoms with Gasteiger partial charge in [-0.05, 0) is 36.5 Å². The molecule has 2 N–H and O–H groups in total. The topological polar surface area (TPSA) is 69.6 Å². The summed E-state index contributed by atoms with van der Waals surface area (Å²) in [5.41, 5.74) is 1.98. The third-order valence-electron chi connectivity index (χ3n) is 3.92. The van der Waals surface area contributed by atoms with Crippen molar-refractivity contribution in [3.05, 3.63) is 29.8 Å². The Labute approximate surface area is 125 Å². The Hall–Kier alpha value is -2.04. The molecular weight excluding hydrogens is 268 g/mol. The standard InChI is InChI=1S/C16H22N2O3/c1-11(2)15(19)17-14-5-3-4-13(10-14)12-6-8-18(9-7-12)16(20)21/h3-5,10-12H,6-9H2,1-2H3,(H,17,19)(H,20,21). The van der Waals surface area contributed by atoms with Crippen molar-refractivity contribution in [3.63, 3.8) is 0 Å². The van der Waals surface area contributed by atoms with Crippen molar-refractivity contribution in [2.45, 2.75) is 32.6 Å². The summed E-state index contributed by atoms with van der Waals surface area (Å²) in [5.74, 6) is 0.316. The molecule has 5 nitrogen and oxygen atoms in total. The van der Waals surface area contributed by atoms with Gasteiger partial charge in [-0.25, -0.2) is 4.79 Å². The number of nitrogens with zero attached hydrogens (tertiary/aromatic N) is 1. The number of carbonyl (C=O) groups excluding carboxylic acids is 1. The van der Waals surface area contributed by atoms with E-state index in [4.69, 9.17) is 5.11 Å². The molecule has 2 rings (SSSR count). The summed E-state index contributed by atoms with van der Waals surface area (Å²) in [6.07, 6.45) is 0.813. The number of carbonyl (C=O) groups is 2. The van der Waals surface area contributed by atoms with Crippen molar-refractivity contribution < 1.29 is 14.7 Å². The van der Waals surface area contributed by atoms with Gasteiger partial charge in [0.2, 0.25) is 5.91 Å². The molecule has 1 fully saturated rings. The number of anilines is 1. The first-order valence-electron chi connectivity index (χ1n) is 7.36. The number of likely N-dealkylation sites (tertiary alicyclic amines) is 1. The number of amides is 2. The molecule has 2 amide bonds. The average molecular weight is 290 g/mol. The number of rotatable bonds is 3. The van der Waals surface area contributed by atoms with Gasteiger partial charge < -0.3 is 15.3 Å². The number of hydrogen-bond acceptors (Lipinski definition) is 2. The quantitative estimate of drug-likeness (QED) is 0.898. The molecule has 0 aromatic heterocycles. The molecule has 1 aromatic rings. The fourth-order valence-electron chi connectivity index (χ4n) is 2.56. The Morgan fingerprint density at radius 2 is 1.95 bits per heavy atom. The third-order valence-corrected chi connectivity index (χ3v) is 3.92. The van der Waals surface area contributed by atoms with Gasteiger partial charge >= 0.3 is 6.09 Å². The molecule has 0 unspecified atom stereocenters. The summed E-state index contributed by atoms with van der Waals surface area (Å²) in [6, 6.07) is 7.87. The van der Waals surface area contributed by atoms with Crippen molar-refractivity contribution in [2.75, 3.05) is 18.4 Å². The Kier molecular flexibility index (Phi) is 4.83. The molecule has 1 aliphatic heterocycles. The highest BCUT2D eigenvalue weighted by Gasteiger charge is 2.23. The lowest BCUT2D eigenvalue weighted by Crippen LogP contribution is -2.36. The van der Waals surface area contributed by atoms with E-state index in [2.05, 4.69) is 5.32 Å². The van der Waals surface area contributed by atoms with Gasteiger partial charge in [-0.3, -0.25) is 4.79 Å². The summed E-state index contributed by atoms with van der Waals surface area (Å²) in [5, 5.41) is 11.9. The number of piperidine rings is 1. The molecule has 0 bridgehead atoms. The summed E-state index contributed by atoms with van der Waals surface area (Å²) in [6.45, 7) is 4.87. The molecular formula is C16H22N2O3. The molecule has 1 aromatic carbocycles. The predicted molar refractivity (Wildman–Crippen MR) is 81.5 cm³/mol. The first kappa shape index (κ1) is 15.4. The third kappa shape index (κ3) is 3.97. The smallest absolute Gasteiger partial charge is 0.407 e. The van der Waals surface area contributed by atoms with Gasteiger partial charge in [-0.15, -0.1) is 0 Å². The van der Waals surface area contributed by atoms with Crippen LogP contribution >= 0.6 is 0 Å². The van der Waals surface area contributed by atoms with Crippen molar-refractivity contribution in [1.82, 2.24) is 4.90 Å². The van der Waals surface area contributed by atoms with E-state index in [-0.39, 0.29) is 11.8 Å². The first-order valence-corrected chi connectivity index (χ1v) is 7.36. The Morgan fingerprint density at radius 3 is 2.52 bits per heavy atom. The Morgan fingerprint density at radius 1 is 1.29 bits per heavy atom. The van der Waals surface area contributed by atoms with Gasteiger partial charge in [0.25, 0.3) is 0 Å². The number of carboxylic acid groups (broad SMARTS) is 1. The minimum atomic E-state index is -0.841. The second-order valence-corrected chi connectivity index (χ2v) is 5.81. The van der Waals surface area contributed by atoms with Crippen molar-refractivity contribution in [1.29, 1.82) is 0 Å². The highest BCUT2D eigenvalue weighted by molar-refractivity contribution is 5.92. The highest BCUT2D eigenvalue weighted by Crippen LogP contribution is 2.29. The SMILES string of the molecule is CC(C)C(=O)Nc1cccc(C2CCN(C(=O)O)CC2)c1. The highest BCUT2D eigenvalue weighted by atomic mass is 16.4. The zero-order chi connectivity index (χ0) is 15.4. The van der Waals surface area contributed by atoms with Crippen LogP contribution in [0.25, 0.3) is 0 Å². The predicted octanol–water partition coefficient (Wildman–Crippen LogP) is 3.14. The van der Waals surface area contributed by atoms with Gasteiger partial charge in [-0.1, -0.05) is 26.0 Å². The van der Waals surface area contributed by atoms with E-state index >= 15 is 0 Å². The average Bonchev–Trinajstić information content (AvgIpc) is 2.47. The molecule has 0 spiro atoms. The minimum absolute atomic E-state index is 0.00727. The van der Waals surface area contributed by atoms with Crippen molar-refractivity contribution in [2.24, 2.45) is 5.92 Å². The fraction of sp³-hybridized carbons (Fsp3) is 0.500. The molecule has 21 heavy (non-hydrogen) atoms. The van der Waals surface area contributed by atoms with Crippen LogP contribution in [0.4, 0.5) is 10.5 Å². The summed E-state index contributed by atoms with van der Waals surface area (Å²) in [7, 11) is 0. The molecule has 114 valence electrons. The zero-order valence-corrected chi connectivity index (χ0v) is 12.5. The maximum absolute atomic E-state index is 11.7. The first-order chi connectivity index (χ1) is 9.97. The van der Waals surface area contributed by atoms with Crippen LogP contribution in [-0.4, -0.2) is 35.1 Å². The Bertz CT molecular complexity index is 520. The molecule has 0 radical (unpaired) electrons. The van der Waals surface area contributed by atoms with Gasteiger partial charge in [0.1, 0.15) is 0 Å². The molecule has 1 saturated heterocycles. The number of benzene rings is 1. The van der Waals surface area contributed by atoms with E-state index in [1.807, 2.05) is 38.1 Å². The maximum Gasteiger partial charge on any atom is 0.407 e. The van der Waals surface area contributed by atoms with Crippen molar-refractivity contribution in [3.8, 4) is 0 Å². The summed E-state index contributed by atoms with van der Waals surface area (Å²) in [4.78, 5) is 24.1. The molecule has 0 aliphatic carbocycles. The maximum atomic E-state index is 11.7. The second kappa shape index (κ2) is 6.61. The molecule has 1 heterocycles. The Balaban J connectivity index is 2.01. The van der Waals surface area contributed by atoms with Crippen LogP contribution in [0.5, 0.6) is 0 Å². The lowest BCUT2D eigenvalue weighted by molar-refractivity contribution is -0.118. The van der Waals surface area contributed by atoms with E-state index in [9.17, 15) is 9.59 Å². The van der Waals surface area contributed by atoms with Gasteiger partial charge in [0.15, 0.2) is 0 Å². The van der Waals surface area contributed by atoms with Crippen molar-refractivity contribution >= 4 is 17.7 Å². The lowest BCUT2D eigenvalue weighted by atomic mass is 9.89. The molecule has 0 atom stereocenters. The van der Waals surface area contributed by atoms with E-state index in [0.717, 1.165) is 18.5 Å². The number of nitrogens with one attached hydrogen (secondary N) is 1. The number of hydrogen-bond donors (Lipinski definition) is 2. The van der Waals surface area contributed by atoms with Gasteiger partial charge in [0, 0.05) is 24.7 Å². The second-order valence-electron chi connectivity index (χ2n) is 5.81. The van der Waals surface area contributed by atoms with Gasteiger partial charge in [-0.2, -0.15) is 0 Å². The van der Waals surface area contributed by atoms with Crippen LogP contribution in [0.3, 0.4) is 0 Å². The van der Waals surface area contributed by atoms with Crippen LogP contribution in [0, 0.1) is 5.92 Å². The van der Waals surface area contributed by atoms with E-state index in [0.29, 0.717) is 19.0 Å². The lowest BCUT2D eigenvalue weighted by Gasteiger charge is -2.30. The monoisotopic (exact) mass is 290 g/mol. The van der Waals surface area contributed by atoms with Crippen LogP contribution in [0.15, 0.2) is 24.3 Å². The molecule has 0 saturated carbocycles. The van der Waals surface area contributed by atoms with E-state index in [1.165, 1.54) is 10.5 Å². The zero-order valence-electron chi connectivity index (χ0n) is 12.5. The fourth-order valence-corrected chi connectivity index (χ4v) is 2.56.